The smallest absolute Gasteiger partial charge is 0.307 e. The van der Waals surface area contributed by atoms with Crippen LogP contribution in [0.4, 0.5) is 5.69 Å². The van der Waals surface area contributed by atoms with Gasteiger partial charge >= 0.3 is 5.97 Å². The molecular formula is C14H17N3O7. The zero-order chi connectivity index (χ0) is 17.9. The third-order valence-corrected chi connectivity index (χ3v) is 3.70. The lowest BCUT2D eigenvalue weighted by Crippen LogP contribution is -2.56. The fourth-order valence-corrected chi connectivity index (χ4v) is 2.50. The van der Waals surface area contributed by atoms with Crippen molar-refractivity contribution in [1.29, 1.82) is 0 Å². The summed E-state index contributed by atoms with van der Waals surface area (Å²) in [6.45, 7) is 0. The monoisotopic (exact) mass is 339 g/mol. The van der Waals surface area contributed by atoms with Crippen LogP contribution in [0.25, 0.3) is 0 Å². The first-order chi connectivity index (χ1) is 11.3. The molecule has 5 N–H and O–H groups in total. The molecule has 3 atom stereocenters. The van der Waals surface area contributed by atoms with Gasteiger partial charge in [0.15, 0.2) is 0 Å². The van der Waals surface area contributed by atoms with Gasteiger partial charge in [-0.25, -0.2) is 0 Å². The summed E-state index contributed by atoms with van der Waals surface area (Å²) in [6, 6.07) is 2.64. The van der Waals surface area contributed by atoms with E-state index in [-0.39, 0.29) is 16.8 Å². The van der Waals surface area contributed by atoms with E-state index < -0.39 is 41.7 Å². The maximum absolute atomic E-state index is 12.4. The largest absolute Gasteiger partial charge is 0.481 e. The average Bonchev–Trinajstić information content (AvgIpc) is 2.49. The molecule has 0 spiro atoms. The molecule has 1 fully saturated rings. The Balaban J connectivity index is 2.24. The highest BCUT2D eigenvalue weighted by molar-refractivity contribution is 5.97. The molecule has 130 valence electrons. The maximum atomic E-state index is 12.4. The predicted octanol–water partition coefficient (Wildman–Crippen LogP) is -0.659. The number of carbonyl (C=O) groups excluding carboxylic acids is 1. The molecule has 0 radical (unpaired) electrons. The van der Waals surface area contributed by atoms with Gasteiger partial charge in [-0.15, -0.1) is 0 Å². The van der Waals surface area contributed by atoms with Gasteiger partial charge < -0.3 is 20.6 Å². The summed E-state index contributed by atoms with van der Waals surface area (Å²) in [6.07, 6.45) is -1.93. The van der Waals surface area contributed by atoms with E-state index in [2.05, 4.69) is 10.6 Å². The van der Waals surface area contributed by atoms with E-state index in [0.29, 0.717) is 12.8 Å². The van der Waals surface area contributed by atoms with E-state index in [9.17, 15) is 29.9 Å². The fourth-order valence-electron chi connectivity index (χ4n) is 2.50. The number of amides is 1. The average molecular weight is 339 g/mol. The summed E-state index contributed by atoms with van der Waals surface area (Å²) in [4.78, 5) is 33.5. The Labute approximate surface area is 136 Å². The molecule has 1 saturated heterocycles. The molecule has 0 aliphatic carbocycles. The van der Waals surface area contributed by atoms with E-state index in [1.165, 1.54) is 6.07 Å². The molecule has 10 nitrogen and oxygen atoms in total. The van der Waals surface area contributed by atoms with E-state index in [0.717, 1.165) is 12.1 Å². The number of hydrogen-bond acceptors (Lipinski definition) is 7. The van der Waals surface area contributed by atoms with Crippen molar-refractivity contribution < 1.29 is 29.8 Å². The Hall–Kier alpha value is -2.56. The summed E-state index contributed by atoms with van der Waals surface area (Å²) in [5.41, 5.74) is -0.346. The first-order valence-electron chi connectivity index (χ1n) is 7.20. The molecular weight excluding hydrogens is 322 g/mol. The maximum Gasteiger partial charge on any atom is 0.307 e. The lowest BCUT2D eigenvalue weighted by molar-refractivity contribution is -0.384. The molecule has 3 unspecified atom stereocenters. The van der Waals surface area contributed by atoms with Crippen LogP contribution >= 0.6 is 0 Å². The highest BCUT2D eigenvalue weighted by Gasteiger charge is 2.29. The standard InChI is InChI=1S/C14H17N3O7/c18-11-4-3-10(14(22)16-11)15-13(21)9-6-8(17(23)24)2-1-7(9)5-12(19)20/h1-2,6,10-11,14,16,18,22H,3-5H2,(H,15,21)(H,19,20). The van der Waals surface area contributed by atoms with Gasteiger partial charge in [0.25, 0.3) is 11.6 Å². The number of carbonyl (C=O) groups is 2. The number of nitro benzene ring substituents is 1. The number of benzene rings is 1. The number of nitro groups is 1. The van der Waals surface area contributed by atoms with Gasteiger partial charge in [0.1, 0.15) is 12.5 Å². The molecule has 10 heteroatoms. The number of aliphatic carboxylic acids is 1. The number of nitrogens with zero attached hydrogens (tertiary/aromatic N) is 1. The molecule has 1 amide bonds. The Morgan fingerprint density at radius 2 is 2.04 bits per heavy atom. The van der Waals surface area contributed by atoms with Crippen LogP contribution in [0.15, 0.2) is 18.2 Å². The van der Waals surface area contributed by atoms with Crippen molar-refractivity contribution in [3.05, 3.63) is 39.4 Å². The van der Waals surface area contributed by atoms with Crippen molar-refractivity contribution in [1.82, 2.24) is 10.6 Å². The van der Waals surface area contributed by atoms with Crippen LogP contribution < -0.4 is 10.6 Å². The van der Waals surface area contributed by atoms with Crippen LogP contribution in [0.1, 0.15) is 28.8 Å². The highest BCUT2D eigenvalue weighted by Crippen LogP contribution is 2.20. The Bertz CT molecular complexity index is 664. The third kappa shape index (κ3) is 4.25. The predicted molar refractivity (Wildman–Crippen MR) is 80.1 cm³/mol. The summed E-state index contributed by atoms with van der Waals surface area (Å²) >= 11 is 0. The van der Waals surface area contributed by atoms with Crippen molar-refractivity contribution in [2.75, 3.05) is 0 Å². The van der Waals surface area contributed by atoms with Crippen molar-refractivity contribution in [2.24, 2.45) is 0 Å². The van der Waals surface area contributed by atoms with Gasteiger partial charge in [0.05, 0.1) is 17.4 Å². The second kappa shape index (κ2) is 7.34. The summed E-state index contributed by atoms with van der Waals surface area (Å²) in [5.74, 6) is -1.91. The minimum Gasteiger partial charge on any atom is -0.481 e. The summed E-state index contributed by atoms with van der Waals surface area (Å²) in [7, 11) is 0. The second-order valence-corrected chi connectivity index (χ2v) is 5.45. The topological polar surface area (TPSA) is 162 Å². The van der Waals surface area contributed by atoms with Crippen LogP contribution in [0.2, 0.25) is 0 Å². The highest BCUT2D eigenvalue weighted by atomic mass is 16.6. The van der Waals surface area contributed by atoms with E-state index in [1.54, 1.807) is 0 Å². The van der Waals surface area contributed by atoms with Crippen molar-refractivity contribution in [3.8, 4) is 0 Å². The van der Waals surface area contributed by atoms with E-state index in [4.69, 9.17) is 5.11 Å². The number of piperidine rings is 1. The van der Waals surface area contributed by atoms with Crippen LogP contribution in [-0.4, -0.2) is 50.6 Å². The van der Waals surface area contributed by atoms with Crippen molar-refractivity contribution >= 4 is 17.6 Å². The number of carboxylic acids is 1. The quantitative estimate of drug-likeness (QED) is 0.349. The van der Waals surface area contributed by atoms with Crippen LogP contribution in [-0.2, 0) is 11.2 Å². The van der Waals surface area contributed by atoms with Crippen LogP contribution in [0.3, 0.4) is 0 Å². The number of non-ortho nitro benzene ring substituents is 1. The third-order valence-electron chi connectivity index (χ3n) is 3.70. The Kier molecular flexibility index (Phi) is 5.44. The Morgan fingerprint density at radius 3 is 2.62 bits per heavy atom. The summed E-state index contributed by atoms with van der Waals surface area (Å²) in [5, 5.41) is 43.9. The van der Waals surface area contributed by atoms with Crippen molar-refractivity contribution in [3.63, 3.8) is 0 Å². The molecule has 24 heavy (non-hydrogen) atoms. The van der Waals surface area contributed by atoms with Gasteiger partial charge in [0.2, 0.25) is 0 Å². The molecule has 1 aromatic carbocycles. The molecule has 2 rings (SSSR count). The van der Waals surface area contributed by atoms with E-state index in [1.807, 2.05) is 0 Å². The van der Waals surface area contributed by atoms with Gasteiger partial charge in [-0.3, -0.25) is 25.0 Å². The van der Waals surface area contributed by atoms with Gasteiger partial charge in [-0.05, 0) is 18.4 Å². The second-order valence-electron chi connectivity index (χ2n) is 5.45. The zero-order valence-electron chi connectivity index (χ0n) is 12.5. The number of nitrogens with one attached hydrogen (secondary N) is 2. The summed E-state index contributed by atoms with van der Waals surface area (Å²) < 4.78 is 0. The first-order valence-corrected chi connectivity index (χ1v) is 7.20. The lowest BCUT2D eigenvalue weighted by Gasteiger charge is -2.32. The number of carboxylic acid groups (broad SMARTS) is 1. The number of hydrogen-bond donors (Lipinski definition) is 5. The van der Waals surface area contributed by atoms with Gasteiger partial charge in [0, 0.05) is 17.7 Å². The SMILES string of the molecule is O=C(O)Cc1ccc([N+](=O)[O-])cc1C(=O)NC1CCC(O)NC1O. The van der Waals surface area contributed by atoms with Gasteiger partial charge in [-0.2, -0.15) is 0 Å². The molecule has 1 aliphatic heterocycles. The number of aliphatic hydroxyl groups excluding tert-OH is 2. The lowest BCUT2D eigenvalue weighted by atomic mass is 10.0. The van der Waals surface area contributed by atoms with Gasteiger partial charge in [-0.1, -0.05) is 6.07 Å². The first kappa shape index (κ1) is 17.8. The molecule has 1 heterocycles. The minimum absolute atomic E-state index is 0.129. The molecule has 0 bridgehead atoms. The molecule has 0 aromatic heterocycles. The van der Waals surface area contributed by atoms with Crippen LogP contribution in [0.5, 0.6) is 0 Å². The molecule has 1 aliphatic rings. The Morgan fingerprint density at radius 1 is 1.33 bits per heavy atom. The zero-order valence-corrected chi connectivity index (χ0v) is 12.5. The number of aliphatic hydroxyl groups is 2. The van der Waals surface area contributed by atoms with Crippen LogP contribution in [0, 0.1) is 10.1 Å². The number of rotatable bonds is 5. The fraction of sp³-hybridized carbons (Fsp3) is 0.429. The van der Waals surface area contributed by atoms with E-state index >= 15 is 0 Å². The van der Waals surface area contributed by atoms with Crippen molar-refractivity contribution in [2.45, 2.75) is 37.8 Å². The normalized spacial score (nSPS) is 23.5. The molecule has 0 saturated carbocycles. The minimum atomic E-state index is -1.18. The molecule has 1 aromatic rings.